The maximum absolute atomic E-state index is 13.8. The van der Waals surface area contributed by atoms with Crippen LogP contribution >= 0.6 is 0 Å². The van der Waals surface area contributed by atoms with E-state index in [0.29, 0.717) is 11.6 Å². The van der Waals surface area contributed by atoms with Crippen LogP contribution in [0.25, 0.3) is 16.6 Å². The number of halogens is 5. The maximum atomic E-state index is 13.8. The van der Waals surface area contributed by atoms with Crippen molar-refractivity contribution >= 4 is 16.6 Å². The summed E-state index contributed by atoms with van der Waals surface area (Å²) in [5.74, 6) is -0.897. The number of nitrogens with one attached hydrogen (secondary N) is 1. The van der Waals surface area contributed by atoms with Crippen molar-refractivity contribution < 1.29 is 22.0 Å². The lowest BCUT2D eigenvalue weighted by molar-refractivity contribution is -0.115. The number of anilines is 1. The van der Waals surface area contributed by atoms with Crippen molar-refractivity contribution in [2.45, 2.75) is 37.4 Å². The average Bonchev–Trinajstić information content (AvgIpc) is 3.67. The molecule has 4 aromatic rings. The molecule has 1 atom stereocenters. The number of benzene rings is 3. The number of nitrogens with zero attached hydrogens (tertiary/aromatic N) is 2. The SMILES string of the molecule is NC(Cc1cc(F)cc(F)c1)c1nc2cc(NCC(F)(F)F)ccc2c(=O)n1-c1ccc(C2CC2)cc1. The number of aromatic nitrogens is 2. The number of rotatable bonds is 7. The summed E-state index contributed by atoms with van der Waals surface area (Å²) in [4.78, 5) is 18.2. The largest absolute Gasteiger partial charge is 0.405 e. The van der Waals surface area contributed by atoms with Gasteiger partial charge in [0, 0.05) is 11.8 Å². The summed E-state index contributed by atoms with van der Waals surface area (Å²) in [7, 11) is 0. The number of nitrogens with two attached hydrogens (primary N) is 1. The van der Waals surface area contributed by atoms with Crippen LogP contribution in [-0.2, 0) is 6.42 Å². The van der Waals surface area contributed by atoms with Gasteiger partial charge in [0.15, 0.2) is 0 Å². The van der Waals surface area contributed by atoms with E-state index in [9.17, 15) is 26.7 Å². The highest BCUT2D eigenvalue weighted by atomic mass is 19.4. The predicted octanol–water partition coefficient (Wildman–Crippen LogP) is 5.76. The number of hydrogen-bond acceptors (Lipinski definition) is 4. The first-order valence-corrected chi connectivity index (χ1v) is 11.8. The molecule has 0 saturated heterocycles. The first kappa shape index (κ1) is 24.9. The first-order chi connectivity index (χ1) is 17.6. The van der Waals surface area contributed by atoms with E-state index in [-0.39, 0.29) is 34.4 Å². The molecule has 0 spiro atoms. The Kier molecular flexibility index (Phi) is 6.45. The van der Waals surface area contributed by atoms with Crippen LogP contribution in [0.2, 0.25) is 0 Å². The van der Waals surface area contributed by atoms with E-state index in [1.807, 2.05) is 12.1 Å². The molecule has 10 heteroatoms. The summed E-state index contributed by atoms with van der Waals surface area (Å²) in [5, 5.41) is 2.47. The molecule has 0 bridgehead atoms. The Bertz CT molecular complexity index is 1490. The van der Waals surface area contributed by atoms with Crippen molar-refractivity contribution in [2.75, 3.05) is 11.9 Å². The molecule has 1 aliphatic carbocycles. The highest BCUT2D eigenvalue weighted by Gasteiger charge is 2.27. The second-order valence-corrected chi connectivity index (χ2v) is 9.27. The molecule has 3 N–H and O–H groups in total. The molecule has 0 aliphatic heterocycles. The van der Waals surface area contributed by atoms with Crippen LogP contribution in [0, 0.1) is 11.6 Å². The van der Waals surface area contributed by atoms with Crippen molar-refractivity contribution in [1.29, 1.82) is 0 Å². The fourth-order valence-corrected chi connectivity index (χ4v) is 4.40. The van der Waals surface area contributed by atoms with Crippen molar-refractivity contribution in [2.24, 2.45) is 5.73 Å². The topological polar surface area (TPSA) is 72.9 Å². The van der Waals surface area contributed by atoms with Gasteiger partial charge in [-0.1, -0.05) is 12.1 Å². The molecule has 1 saturated carbocycles. The summed E-state index contributed by atoms with van der Waals surface area (Å²) in [5.41, 5.74) is 8.21. The number of hydrogen-bond donors (Lipinski definition) is 2. The monoisotopic (exact) mass is 514 g/mol. The molecule has 0 amide bonds. The zero-order chi connectivity index (χ0) is 26.3. The van der Waals surface area contributed by atoms with Crippen LogP contribution in [-0.4, -0.2) is 22.3 Å². The molecule has 1 aliphatic rings. The van der Waals surface area contributed by atoms with Crippen molar-refractivity contribution in [3.8, 4) is 5.69 Å². The molecular weight excluding hydrogens is 491 g/mol. The highest BCUT2D eigenvalue weighted by molar-refractivity contribution is 5.82. The van der Waals surface area contributed by atoms with Gasteiger partial charge in [0.05, 0.1) is 22.6 Å². The summed E-state index contributed by atoms with van der Waals surface area (Å²) in [6.07, 6.45) is -2.23. The third-order valence-electron chi connectivity index (χ3n) is 6.30. The fraction of sp³-hybridized carbons (Fsp3) is 0.259. The van der Waals surface area contributed by atoms with E-state index in [0.717, 1.165) is 36.6 Å². The van der Waals surface area contributed by atoms with Gasteiger partial charge in [-0.15, -0.1) is 0 Å². The molecule has 1 fully saturated rings. The quantitative estimate of drug-likeness (QED) is 0.308. The molecule has 192 valence electrons. The molecule has 1 aromatic heterocycles. The Labute approximate surface area is 208 Å². The van der Waals surface area contributed by atoms with Crippen molar-refractivity contribution in [1.82, 2.24) is 9.55 Å². The maximum Gasteiger partial charge on any atom is 0.405 e. The lowest BCUT2D eigenvalue weighted by Crippen LogP contribution is -2.29. The van der Waals surface area contributed by atoms with E-state index >= 15 is 0 Å². The van der Waals surface area contributed by atoms with Crippen LogP contribution < -0.4 is 16.6 Å². The summed E-state index contributed by atoms with van der Waals surface area (Å²) >= 11 is 0. The van der Waals surface area contributed by atoms with Gasteiger partial charge in [-0.05, 0) is 78.8 Å². The number of fused-ring (bicyclic) bond motifs is 1. The van der Waals surface area contributed by atoms with E-state index in [1.54, 1.807) is 12.1 Å². The van der Waals surface area contributed by atoms with Crippen molar-refractivity contribution in [3.63, 3.8) is 0 Å². The minimum Gasteiger partial charge on any atom is -0.376 e. The molecule has 1 heterocycles. The lowest BCUT2D eigenvalue weighted by Gasteiger charge is -2.19. The summed E-state index contributed by atoms with van der Waals surface area (Å²) in [6.45, 7) is -1.25. The van der Waals surface area contributed by atoms with Gasteiger partial charge in [-0.2, -0.15) is 13.2 Å². The van der Waals surface area contributed by atoms with Gasteiger partial charge >= 0.3 is 6.18 Å². The Morgan fingerprint density at radius 2 is 1.68 bits per heavy atom. The van der Waals surface area contributed by atoms with Gasteiger partial charge in [-0.3, -0.25) is 9.36 Å². The third kappa shape index (κ3) is 5.64. The molecule has 3 aromatic carbocycles. The minimum absolute atomic E-state index is 0.0290. The molecule has 37 heavy (non-hydrogen) atoms. The van der Waals surface area contributed by atoms with Gasteiger partial charge in [0.25, 0.3) is 5.56 Å². The Balaban J connectivity index is 1.60. The molecule has 1 unspecified atom stereocenters. The smallest absolute Gasteiger partial charge is 0.376 e. The standard InChI is InChI=1S/C27H23F5N4O/c28-18-9-15(10-19(29)12-18)11-23(33)25-35-24-13-20(34-14-27(30,31)32)5-8-22(24)26(37)36(25)21-6-3-17(4-7-21)16-1-2-16/h3-10,12-13,16,23,34H,1-2,11,14,33H2. The van der Waals surface area contributed by atoms with Gasteiger partial charge in [-0.25, -0.2) is 13.8 Å². The predicted molar refractivity (Wildman–Crippen MR) is 131 cm³/mol. The molecule has 0 radical (unpaired) electrons. The zero-order valence-electron chi connectivity index (χ0n) is 19.5. The highest BCUT2D eigenvalue weighted by Crippen LogP contribution is 2.40. The third-order valence-corrected chi connectivity index (χ3v) is 6.30. The normalized spacial score (nSPS) is 14.6. The first-order valence-electron chi connectivity index (χ1n) is 11.8. The van der Waals surface area contributed by atoms with Crippen LogP contribution in [0.3, 0.4) is 0 Å². The summed E-state index contributed by atoms with van der Waals surface area (Å²) < 4.78 is 66.9. The van der Waals surface area contributed by atoms with E-state index in [2.05, 4.69) is 10.3 Å². The van der Waals surface area contributed by atoms with Crippen LogP contribution in [0.1, 0.15) is 41.8 Å². The Morgan fingerprint density at radius 3 is 2.30 bits per heavy atom. The van der Waals surface area contributed by atoms with Crippen LogP contribution in [0.15, 0.2) is 65.5 Å². The summed E-state index contributed by atoms with van der Waals surface area (Å²) in [6, 6.07) is 13.7. The average molecular weight is 514 g/mol. The van der Waals surface area contributed by atoms with E-state index in [1.165, 1.54) is 22.8 Å². The minimum atomic E-state index is -4.42. The van der Waals surface area contributed by atoms with Gasteiger partial charge in [0.1, 0.15) is 24.0 Å². The Hall–Kier alpha value is -3.79. The lowest BCUT2D eigenvalue weighted by atomic mass is 10.0. The number of alkyl halides is 3. The van der Waals surface area contributed by atoms with Crippen molar-refractivity contribution in [3.05, 3.63) is 99.6 Å². The second-order valence-electron chi connectivity index (χ2n) is 9.27. The molecule has 5 nitrogen and oxygen atoms in total. The van der Waals surface area contributed by atoms with Gasteiger partial charge < -0.3 is 11.1 Å². The van der Waals surface area contributed by atoms with Gasteiger partial charge in [0.2, 0.25) is 0 Å². The second kappa shape index (κ2) is 9.59. The van der Waals surface area contributed by atoms with Crippen LogP contribution in [0.5, 0.6) is 0 Å². The zero-order valence-corrected chi connectivity index (χ0v) is 19.5. The van der Waals surface area contributed by atoms with E-state index < -0.39 is 36.0 Å². The Morgan fingerprint density at radius 1 is 1.00 bits per heavy atom. The van der Waals surface area contributed by atoms with Crippen LogP contribution in [0.4, 0.5) is 27.6 Å². The van der Waals surface area contributed by atoms with E-state index in [4.69, 9.17) is 5.73 Å². The molecular formula is C27H23F5N4O. The fourth-order valence-electron chi connectivity index (χ4n) is 4.40. The molecule has 5 rings (SSSR count).